The molecule has 0 saturated carbocycles. The van der Waals surface area contributed by atoms with E-state index in [0.717, 1.165) is 38.2 Å². The van der Waals surface area contributed by atoms with Crippen molar-refractivity contribution >= 4 is 18.3 Å². The van der Waals surface area contributed by atoms with Crippen molar-refractivity contribution in [1.29, 1.82) is 0 Å². The average Bonchev–Trinajstić information content (AvgIpc) is 3.03. The van der Waals surface area contributed by atoms with Crippen LogP contribution in [0.25, 0.3) is 0 Å². The normalized spacial score (nSPS) is 22.5. The number of carbonyl (C=O) groups is 1. The number of carbonyl (C=O) groups excluding carboxylic acids is 1. The molecule has 0 radical (unpaired) electrons. The zero-order valence-corrected chi connectivity index (χ0v) is 14.6. The molecular weight excluding hydrogens is 308 g/mol. The van der Waals surface area contributed by atoms with Gasteiger partial charge in [0.25, 0.3) is 5.91 Å². The van der Waals surface area contributed by atoms with Gasteiger partial charge in [0.2, 0.25) is 0 Å². The van der Waals surface area contributed by atoms with E-state index < -0.39 is 0 Å². The summed E-state index contributed by atoms with van der Waals surface area (Å²) in [7, 11) is 0. The standard InChI is InChI=1S/C19H26N2O.ClH/c22-18(17-5-4-15-2-1-3-16(15)14-17)21-12-8-19(9-13-21)6-10-20-11-7-19;/h4-5,14,20H,1-3,6-13H2;1H. The average molecular weight is 335 g/mol. The minimum Gasteiger partial charge on any atom is -0.339 e. The maximum atomic E-state index is 12.8. The number of aryl methyl sites for hydroxylation is 2. The first kappa shape index (κ1) is 16.8. The highest BCUT2D eigenvalue weighted by Crippen LogP contribution is 2.39. The van der Waals surface area contributed by atoms with E-state index in [9.17, 15) is 4.79 Å². The van der Waals surface area contributed by atoms with Crippen molar-refractivity contribution in [2.24, 2.45) is 5.41 Å². The molecule has 1 aliphatic carbocycles. The predicted molar refractivity (Wildman–Crippen MR) is 95.4 cm³/mol. The zero-order valence-electron chi connectivity index (χ0n) is 13.8. The Balaban J connectivity index is 0.00000156. The lowest BCUT2D eigenvalue weighted by Gasteiger charge is -2.44. The number of likely N-dealkylation sites (tertiary alicyclic amines) is 1. The van der Waals surface area contributed by atoms with Gasteiger partial charge in [-0.25, -0.2) is 0 Å². The summed E-state index contributed by atoms with van der Waals surface area (Å²) < 4.78 is 0. The number of fused-ring (bicyclic) bond motifs is 1. The second-order valence-corrected chi connectivity index (χ2v) is 7.38. The van der Waals surface area contributed by atoms with Crippen LogP contribution in [-0.4, -0.2) is 37.0 Å². The van der Waals surface area contributed by atoms with Crippen LogP contribution in [0.4, 0.5) is 0 Å². The summed E-state index contributed by atoms with van der Waals surface area (Å²) in [5.74, 6) is 0.249. The number of benzene rings is 1. The van der Waals surface area contributed by atoms with Gasteiger partial charge in [-0.3, -0.25) is 4.79 Å². The molecule has 1 aromatic carbocycles. The summed E-state index contributed by atoms with van der Waals surface area (Å²) in [5.41, 5.74) is 4.27. The Morgan fingerprint density at radius 3 is 2.43 bits per heavy atom. The molecule has 0 atom stereocenters. The molecule has 2 fully saturated rings. The molecule has 4 rings (SSSR count). The lowest BCUT2D eigenvalue weighted by molar-refractivity contribution is 0.0495. The van der Waals surface area contributed by atoms with E-state index in [-0.39, 0.29) is 18.3 Å². The molecular formula is C19H27ClN2O. The van der Waals surface area contributed by atoms with Crippen molar-refractivity contribution in [2.75, 3.05) is 26.2 Å². The van der Waals surface area contributed by atoms with Gasteiger partial charge in [-0.1, -0.05) is 6.07 Å². The molecule has 1 aromatic rings. The third kappa shape index (κ3) is 3.27. The highest BCUT2D eigenvalue weighted by molar-refractivity contribution is 5.94. The Labute approximate surface area is 145 Å². The van der Waals surface area contributed by atoms with Gasteiger partial charge in [0, 0.05) is 18.7 Å². The number of halogens is 1. The molecule has 2 saturated heterocycles. The maximum Gasteiger partial charge on any atom is 0.253 e. The van der Waals surface area contributed by atoms with E-state index in [1.165, 1.54) is 49.7 Å². The molecule has 3 aliphatic rings. The topological polar surface area (TPSA) is 32.3 Å². The molecule has 1 N–H and O–H groups in total. The van der Waals surface area contributed by atoms with Crippen LogP contribution >= 0.6 is 12.4 Å². The van der Waals surface area contributed by atoms with Crippen LogP contribution in [0.15, 0.2) is 18.2 Å². The van der Waals surface area contributed by atoms with Crippen molar-refractivity contribution in [3.63, 3.8) is 0 Å². The molecule has 1 amide bonds. The van der Waals surface area contributed by atoms with Crippen molar-refractivity contribution < 1.29 is 4.79 Å². The first-order chi connectivity index (χ1) is 10.8. The number of nitrogens with zero attached hydrogens (tertiary/aromatic N) is 1. The third-order valence-electron chi connectivity index (χ3n) is 6.12. The lowest BCUT2D eigenvalue weighted by Crippen LogP contribution is -2.47. The van der Waals surface area contributed by atoms with Crippen LogP contribution < -0.4 is 5.32 Å². The van der Waals surface area contributed by atoms with Crippen LogP contribution in [0, 0.1) is 5.41 Å². The fraction of sp³-hybridized carbons (Fsp3) is 0.632. The SMILES string of the molecule is Cl.O=C(c1ccc2c(c1)CCC2)N1CCC2(CCNCC2)CC1. The van der Waals surface area contributed by atoms with Crippen LogP contribution in [0.5, 0.6) is 0 Å². The van der Waals surface area contributed by atoms with Crippen LogP contribution in [0.2, 0.25) is 0 Å². The largest absolute Gasteiger partial charge is 0.339 e. The molecule has 2 heterocycles. The molecule has 0 unspecified atom stereocenters. The number of hydrogen-bond donors (Lipinski definition) is 1. The molecule has 3 nitrogen and oxygen atoms in total. The van der Waals surface area contributed by atoms with E-state index in [4.69, 9.17) is 0 Å². The van der Waals surface area contributed by atoms with Crippen molar-refractivity contribution in [1.82, 2.24) is 10.2 Å². The van der Waals surface area contributed by atoms with Crippen molar-refractivity contribution in [3.05, 3.63) is 34.9 Å². The number of piperidine rings is 2. The minimum absolute atomic E-state index is 0. The van der Waals surface area contributed by atoms with Gasteiger partial charge < -0.3 is 10.2 Å². The molecule has 2 aliphatic heterocycles. The van der Waals surface area contributed by atoms with Gasteiger partial charge in [-0.15, -0.1) is 12.4 Å². The highest BCUT2D eigenvalue weighted by Gasteiger charge is 2.36. The first-order valence-corrected chi connectivity index (χ1v) is 8.88. The molecule has 0 aromatic heterocycles. The fourth-order valence-electron chi connectivity index (χ4n) is 4.53. The van der Waals surface area contributed by atoms with Crippen LogP contribution in [0.1, 0.15) is 53.6 Å². The number of amides is 1. The Hall–Kier alpha value is -1.06. The van der Waals surface area contributed by atoms with E-state index in [1.54, 1.807) is 0 Å². The van der Waals surface area contributed by atoms with E-state index >= 15 is 0 Å². The van der Waals surface area contributed by atoms with Crippen molar-refractivity contribution in [3.8, 4) is 0 Å². The van der Waals surface area contributed by atoms with Crippen LogP contribution in [-0.2, 0) is 12.8 Å². The lowest BCUT2D eigenvalue weighted by atomic mass is 9.71. The zero-order chi connectivity index (χ0) is 15.0. The number of rotatable bonds is 1. The molecule has 4 heteroatoms. The van der Waals surface area contributed by atoms with Gasteiger partial charge in [0.05, 0.1) is 0 Å². The van der Waals surface area contributed by atoms with Gasteiger partial charge in [-0.2, -0.15) is 0 Å². The van der Waals surface area contributed by atoms with Gasteiger partial charge in [-0.05, 0) is 86.7 Å². The summed E-state index contributed by atoms with van der Waals surface area (Å²) in [6.07, 6.45) is 8.52. The summed E-state index contributed by atoms with van der Waals surface area (Å²) in [6, 6.07) is 6.37. The summed E-state index contributed by atoms with van der Waals surface area (Å²) >= 11 is 0. The smallest absolute Gasteiger partial charge is 0.253 e. The van der Waals surface area contributed by atoms with Gasteiger partial charge in [0.1, 0.15) is 0 Å². The number of nitrogens with one attached hydrogen (secondary N) is 1. The summed E-state index contributed by atoms with van der Waals surface area (Å²) in [6.45, 7) is 4.18. The second-order valence-electron chi connectivity index (χ2n) is 7.38. The molecule has 126 valence electrons. The fourth-order valence-corrected chi connectivity index (χ4v) is 4.53. The maximum absolute atomic E-state index is 12.8. The van der Waals surface area contributed by atoms with Crippen LogP contribution in [0.3, 0.4) is 0 Å². The Morgan fingerprint density at radius 2 is 1.70 bits per heavy atom. The highest BCUT2D eigenvalue weighted by atomic mass is 35.5. The molecule has 0 bridgehead atoms. The quantitative estimate of drug-likeness (QED) is 0.855. The van der Waals surface area contributed by atoms with E-state index in [0.29, 0.717) is 5.41 Å². The van der Waals surface area contributed by atoms with E-state index in [2.05, 4.69) is 22.3 Å². The monoisotopic (exact) mass is 334 g/mol. The minimum atomic E-state index is 0. The van der Waals surface area contributed by atoms with Gasteiger partial charge >= 0.3 is 0 Å². The third-order valence-corrected chi connectivity index (χ3v) is 6.12. The van der Waals surface area contributed by atoms with Crippen molar-refractivity contribution in [2.45, 2.75) is 44.9 Å². The summed E-state index contributed by atoms with van der Waals surface area (Å²) in [5, 5.41) is 3.46. The number of hydrogen-bond acceptors (Lipinski definition) is 2. The Bertz CT molecular complexity index is 571. The first-order valence-electron chi connectivity index (χ1n) is 8.88. The predicted octanol–water partition coefficient (Wildman–Crippen LogP) is 3.20. The second kappa shape index (κ2) is 6.82. The van der Waals surface area contributed by atoms with E-state index in [1.807, 2.05) is 6.07 Å². The summed E-state index contributed by atoms with van der Waals surface area (Å²) in [4.78, 5) is 14.9. The van der Waals surface area contributed by atoms with Gasteiger partial charge in [0.15, 0.2) is 0 Å². The Morgan fingerprint density at radius 1 is 1.00 bits per heavy atom. The molecule has 23 heavy (non-hydrogen) atoms. The Kier molecular flexibility index (Phi) is 4.98. The molecule has 1 spiro atoms.